The van der Waals surface area contributed by atoms with E-state index in [0.29, 0.717) is 19.1 Å². The van der Waals surface area contributed by atoms with E-state index in [9.17, 15) is 8.78 Å². The molecule has 1 heterocycles. The van der Waals surface area contributed by atoms with Crippen LogP contribution in [-0.2, 0) is 0 Å². The van der Waals surface area contributed by atoms with Crippen LogP contribution in [0.25, 0.3) is 0 Å². The summed E-state index contributed by atoms with van der Waals surface area (Å²) in [4.78, 5) is 2.24. The summed E-state index contributed by atoms with van der Waals surface area (Å²) in [6.45, 7) is 1.22. The number of hydrogen-bond donors (Lipinski definition) is 0. The summed E-state index contributed by atoms with van der Waals surface area (Å²) < 4.78 is 25.5. The van der Waals surface area contributed by atoms with Gasteiger partial charge in [-0.05, 0) is 12.8 Å². The molecule has 2 aliphatic rings. The van der Waals surface area contributed by atoms with Gasteiger partial charge in [-0.2, -0.15) is 0 Å². The zero-order valence-electron chi connectivity index (χ0n) is 7.23. The first-order valence-corrected chi connectivity index (χ1v) is 4.79. The van der Waals surface area contributed by atoms with Crippen LogP contribution in [0.3, 0.4) is 0 Å². The molecular formula is C9H15F2N. The Hall–Kier alpha value is -0.180. The molecule has 0 aromatic carbocycles. The van der Waals surface area contributed by atoms with Gasteiger partial charge in [0.15, 0.2) is 0 Å². The molecule has 2 fully saturated rings. The Morgan fingerprint density at radius 3 is 2.08 bits per heavy atom. The Morgan fingerprint density at radius 2 is 1.67 bits per heavy atom. The van der Waals surface area contributed by atoms with E-state index < -0.39 is 5.92 Å². The maximum absolute atomic E-state index is 12.7. The van der Waals surface area contributed by atoms with Crippen molar-refractivity contribution in [1.82, 2.24) is 4.90 Å². The molecule has 70 valence electrons. The average molecular weight is 175 g/mol. The van der Waals surface area contributed by atoms with Gasteiger partial charge in [0.1, 0.15) is 0 Å². The van der Waals surface area contributed by atoms with Gasteiger partial charge in [0.05, 0.1) is 0 Å². The summed E-state index contributed by atoms with van der Waals surface area (Å²) in [6.07, 6.45) is 3.89. The second kappa shape index (κ2) is 2.95. The van der Waals surface area contributed by atoms with E-state index in [-0.39, 0.29) is 12.8 Å². The monoisotopic (exact) mass is 175 g/mol. The Labute approximate surface area is 71.7 Å². The molecule has 1 nitrogen and oxygen atoms in total. The molecule has 0 aromatic heterocycles. The van der Waals surface area contributed by atoms with Gasteiger partial charge in [-0.15, -0.1) is 0 Å². The van der Waals surface area contributed by atoms with E-state index in [1.807, 2.05) is 0 Å². The van der Waals surface area contributed by atoms with E-state index in [1.54, 1.807) is 0 Å². The number of halogens is 2. The van der Waals surface area contributed by atoms with Crippen molar-refractivity contribution < 1.29 is 8.78 Å². The molecule has 2 rings (SSSR count). The van der Waals surface area contributed by atoms with Gasteiger partial charge in [-0.1, -0.05) is 6.42 Å². The van der Waals surface area contributed by atoms with Crippen molar-refractivity contribution in [3.63, 3.8) is 0 Å². The molecule has 1 aliphatic carbocycles. The molecule has 0 radical (unpaired) electrons. The lowest BCUT2D eigenvalue weighted by Crippen LogP contribution is -2.47. The van der Waals surface area contributed by atoms with Crippen LogP contribution in [-0.4, -0.2) is 30.0 Å². The van der Waals surface area contributed by atoms with E-state index in [0.717, 1.165) is 0 Å². The summed E-state index contributed by atoms with van der Waals surface area (Å²) in [5.41, 5.74) is 0. The first-order valence-electron chi connectivity index (χ1n) is 4.79. The smallest absolute Gasteiger partial charge is 0.250 e. The molecule has 1 saturated heterocycles. The highest BCUT2D eigenvalue weighted by atomic mass is 19.3. The maximum Gasteiger partial charge on any atom is 0.250 e. The Balaban J connectivity index is 1.81. The molecule has 12 heavy (non-hydrogen) atoms. The van der Waals surface area contributed by atoms with Crippen LogP contribution in [0.2, 0.25) is 0 Å². The van der Waals surface area contributed by atoms with Gasteiger partial charge in [0, 0.05) is 32.0 Å². The zero-order chi connectivity index (χ0) is 8.60. The molecule has 1 saturated carbocycles. The molecule has 0 amide bonds. The molecular weight excluding hydrogens is 160 g/mol. The van der Waals surface area contributed by atoms with Gasteiger partial charge >= 0.3 is 0 Å². The summed E-state index contributed by atoms with van der Waals surface area (Å²) in [5.74, 6) is -2.37. The van der Waals surface area contributed by atoms with Crippen LogP contribution in [0.15, 0.2) is 0 Å². The summed E-state index contributed by atoms with van der Waals surface area (Å²) in [6, 6.07) is 0.640. The Bertz CT molecular complexity index is 156. The fraction of sp³-hybridized carbons (Fsp3) is 1.00. The van der Waals surface area contributed by atoms with Crippen molar-refractivity contribution in [2.45, 2.75) is 44.1 Å². The lowest BCUT2D eigenvalue weighted by Gasteiger charge is -2.41. The molecule has 0 aromatic rings. The van der Waals surface area contributed by atoms with Crippen molar-refractivity contribution >= 4 is 0 Å². The number of likely N-dealkylation sites (tertiary alicyclic amines) is 1. The van der Waals surface area contributed by atoms with Gasteiger partial charge < -0.3 is 0 Å². The second-order valence-corrected chi connectivity index (χ2v) is 3.98. The molecule has 0 unspecified atom stereocenters. The van der Waals surface area contributed by atoms with Crippen LogP contribution in [0.4, 0.5) is 8.78 Å². The van der Waals surface area contributed by atoms with Crippen LogP contribution in [0.1, 0.15) is 32.1 Å². The van der Waals surface area contributed by atoms with Crippen molar-refractivity contribution in [3.05, 3.63) is 0 Å². The second-order valence-electron chi connectivity index (χ2n) is 3.98. The van der Waals surface area contributed by atoms with Crippen molar-refractivity contribution in [2.24, 2.45) is 0 Å². The van der Waals surface area contributed by atoms with E-state index >= 15 is 0 Å². The van der Waals surface area contributed by atoms with E-state index in [4.69, 9.17) is 0 Å². The standard InChI is InChI=1S/C9H15F2N/c10-9(11)4-6-12(7-5-9)8-2-1-3-8/h8H,1-7H2. The topological polar surface area (TPSA) is 3.24 Å². The fourth-order valence-corrected chi connectivity index (χ4v) is 1.97. The average Bonchev–Trinajstić information content (AvgIpc) is 1.89. The molecule has 0 bridgehead atoms. The first kappa shape index (κ1) is 8.42. The fourth-order valence-electron chi connectivity index (χ4n) is 1.97. The highest BCUT2D eigenvalue weighted by Crippen LogP contribution is 2.33. The SMILES string of the molecule is FC1(F)CCN(C2CCC2)CC1. The Morgan fingerprint density at radius 1 is 1.08 bits per heavy atom. The predicted molar refractivity (Wildman–Crippen MR) is 43.4 cm³/mol. The molecule has 3 heteroatoms. The Kier molecular flexibility index (Phi) is 2.07. The lowest BCUT2D eigenvalue weighted by atomic mass is 9.89. The number of alkyl halides is 2. The zero-order valence-corrected chi connectivity index (χ0v) is 7.23. The third-order valence-corrected chi connectivity index (χ3v) is 3.12. The third kappa shape index (κ3) is 1.60. The van der Waals surface area contributed by atoms with Gasteiger partial charge in [-0.25, -0.2) is 8.78 Å². The quantitative estimate of drug-likeness (QED) is 0.591. The largest absolute Gasteiger partial charge is 0.300 e. The molecule has 0 N–H and O–H groups in total. The minimum Gasteiger partial charge on any atom is -0.300 e. The van der Waals surface area contributed by atoms with Gasteiger partial charge in [-0.3, -0.25) is 4.90 Å². The number of rotatable bonds is 1. The normalized spacial score (nSPS) is 31.5. The van der Waals surface area contributed by atoms with Crippen LogP contribution < -0.4 is 0 Å². The number of hydrogen-bond acceptors (Lipinski definition) is 1. The van der Waals surface area contributed by atoms with Crippen LogP contribution in [0, 0.1) is 0 Å². The highest BCUT2D eigenvalue weighted by Gasteiger charge is 2.37. The summed E-state index contributed by atoms with van der Waals surface area (Å²) >= 11 is 0. The highest BCUT2D eigenvalue weighted by molar-refractivity contribution is 4.85. The lowest BCUT2D eigenvalue weighted by molar-refractivity contribution is -0.0694. The number of nitrogens with zero attached hydrogens (tertiary/aromatic N) is 1. The summed E-state index contributed by atoms with van der Waals surface area (Å²) in [5, 5.41) is 0. The van der Waals surface area contributed by atoms with Gasteiger partial charge in [0.25, 0.3) is 5.92 Å². The maximum atomic E-state index is 12.7. The van der Waals surface area contributed by atoms with Crippen LogP contribution >= 0.6 is 0 Å². The van der Waals surface area contributed by atoms with E-state index in [1.165, 1.54) is 19.3 Å². The van der Waals surface area contributed by atoms with Crippen molar-refractivity contribution in [2.75, 3.05) is 13.1 Å². The molecule has 1 aliphatic heterocycles. The number of piperidine rings is 1. The van der Waals surface area contributed by atoms with E-state index in [2.05, 4.69) is 4.90 Å². The predicted octanol–water partition coefficient (Wildman–Crippen LogP) is 2.27. The van der Waals surface area contributed by atoms with Crippen molar-refractivity contribution in [1.29, 1.82) is 0 Å². The van der Waals surface area contributed by atoms with Gasteiger partial charge in [0.2, 0.25) is 0 Å². The first-order chi connectivity index (χ1) is 5.67. The third-order valence-electron chi connectivity index (χ3n) is 3.12. The van der Waals surface area contributed by atoms with Crippen LogP contribution in [0.5, 0.6) is 0 Å². The minimum atomic E-state index is -2.37. The molecule has 0 atom stereocenters. The summed E-state index contributed by atoms with van der Waals surface area (Å²) in [7, 11) is 0. The van der Waals surface area contributed by atoms with Crippen molar-refractivity contribution in [3.8, 4) is 0 Å². The minimum absolute atomic E-state index is 0.0729. The molecule has 0 spiro atoms.